The summed E-state index contributed by atoms with van der Waals surface area (Å²) in [4.78, 5) is 32.7. The first-order chi connectivity index (χ1) is 15.0. The molecule has 3 aromatic rings. The van der Waals surface area contributed by atoms with Crippen LogP contribution in [0.4, 0.5) is 5.69 Å². The molecule has 2 N–H and O–H groups in total. The van der Waals surface area contributed by atoms with Crippen LogP contribution >= 0.6 is 0 Å². The van der Waals surface area contributed by atoms with Gasteiger partial charge in [0.05, 0.1) is 19.3 Å². The highest BCUT2D eigenvalue weighted by Gasteiger charge is 2.23. The molecule has 0 radical (unpaired) electrons. The van der Waals surface area contributed by atoms with Gasteiger partial charge in [0.1, 0.15) is 5.69 Å². The lowest BCUT2D eigenvalue weighted by Crippen LogP contribution is -2.48. The van der Waals surface area contributed by atoms with E-state index in [1.807, 2.05) is 31.2 Å². The van der Waals surface area contributed by atoms with Crippen LogP contribution in [0.1, 0.15) is 21.6 Å². The van der Waals surface area contributed by atoms with Gasteiger partial charge in [-0.25, -0.2) is 4.79 Å². The zero-order valence-electron chi connectivity index (χ0n) is 18.0. The topological polar surface area (TPSA) is 77.7 Å². The van der Waals surface area contributed by atoms with Crippen molar-refractivity contribution < 1.29 is 14.3 Å². The molecule has 0 unspecified atom stereocenters. The molecule has 0 atom stereocenters. The zero-order chi connectivity index (χ0) is 21.8. The Bertz CT molecular complexity index is 1070. The van der Waals surface area contributed by atoms with Crippen LogP contribution in [0.5, 0.6) is 0 Å². The number of amides is 1. The van der Waals surface area contributed by atoms with Gasteiger partial charge in [0.25, 0.3) is 0 Å². The summed E-state index contributed by atoms with van der Waals surface area (Å²) in [6.07, 6.45) is 0. The third kappa shape index (κ3) is 4.78. The summed E-state index contributed by atoms with van der Waals surface area (Å²) in [7, 11) is 1.33. The normalized spacial score (nSPS) is 15.2. The summed E-state index contributed by atoms with van der Waals surface area (Å²) in [6.45, 7) is 6.67. The van der Waals surface area contributed by atoms with Gasteiger partial charge in [0.15, 0.2) is 0 Å². The van der Waals surface area contributed by atoms with Crippen LogP contribution < -0.4 is 5.32 Å². The van der Waals surface area contributed by atoms with Crippen molar-refractivity contribution in [2.75, 3.05) is 45.2 Å². The van der Waals surface area contributed by atoms with E-state index < -0.39 is 5.97 Å². The second kappa shape index (κ2) is 9.32. The van der Waals surface area contributed by atoms with Gasteiger partial charge in [-0.1, -0.05) is 42.5 Å². The summed E-state index contributed by atoms with van der Waals surface area (Å²) in [6, 6.07) is 16.2. The fourth-order valence-electron chi connectivity index (χ4n) is 4.14. The number of piperazine rings is 1. The molecule has 1 saturated heterocycles. The standard InChI is InChI=1S/C24H28N4O3/c1-17-7-6-10-19-21(17)22(23(25-19)24(30)31-2)26-20(29)16-28-13-11-27(12-14-28)15-18-8-4-3-5-9-18/h3-10,25H,11-16H2,1-2H3,(H,26,29). The SMILES string of the molecule is COC(=O)c1[nH]c2cccc(C)c2c1NC(=O)CN1CCN(Cc2ccccc2)CC1. The summed E-state index contributed by atoms with van der Waals surface area (Å²) in [5, 5.41) is 3.80. The highest BCUT2D eigenvalue weighted by Crippen LogP contribution is 2.31. The van der Waals surface area contributed by atoms with Gasteiger partial charge in [-0.2, -0.15) is 0 Å². The number of esters is 1. The molecule has 7 nitrogen and oxygen atoms in total. The first kappa shape index (κ1) is 21.1. The molecule has 0 saturated carbocycles. The minimum Gasteiger partial charge on any atom is -0.464 e. The molecule has 162 valence electrons. The molecule has 4 rings (SSSR count). The van der Waals surface area contributed by atoms with E-state index in [9.17, 15) is 9.59 Å². The number of H-pyrrole nitrogens is 1. The smallest absolute Gasteiger partial charge is 0.356 e. The van der Waals surface area contributed by atoms with Crippen LogP contribution in [0.3, 0.4) is 0 Å². The number of nitrogens with zero attached hydrogens (tertiary/aromatic N) is 2. The quantitative estimate of drug-likeness (QED) is 0.600. The lowest BCUT2D eigenvalue weighted by molar-refractivity contribution is -0.117. The number of aromatic nitrogens is 1. The Morgan fingerprint density at radius 3 is 2.42 bits per heavy atom. The van der Waals surface area contributed by atoms with Crippen molar-refractivity contribution in [3.8, 4) is 0 Å². The van der Waals surface area contributed by atoms with Gasteiger partial charge in [0, 0.05) is 43.6 Å². The van der Waals surface area contributed by atoms with Gasteiger partial charge in [-0.3, -0.25) is 14.6 Å². The second-order valence-corrected chi connectivity index (χ2v) is 7.95. The number of aryl methyl sites for hydroxylation is 1. The van der Waals surface area contributed by atoms with E-state index in [0.717, 1.165) is 49.2 Å². The van der Waals surface area contributed by atoms with Crippen molar-refractivity contribution in [3.05, 3.63) is 65.4 Å². The maximum Gasteiger partial charge on any atom is 0.356 e. The molecular formula is C24H28N4O3. The number of fused-ring (bicyclic) bond motifs is 1. The summed E-state index contributed by atoms with van der Waals surface area (Å²) < 4.78 is 4.90. The Morgan fingerprint density at radius 2 is 1.71 bits per heavy atom. The van der Waals surface area contributed by atoms with Gasteiger partial charge >= 0.3 is 5.97 Å². The van der Waals surface area contributed by atoms with E-state index in [1.54, 1.807) is 0 Å². The van der Waals surface area contributed by atoms with E-state index in [2.05, 4.69) is 44.4 Å². The second-order valence-electron chi connectivity index (χ2n) is 7.95. The number of ether oxygens (including phenoxy) is 1. The maximum absolute atomic E-state index is 12.8. The summed E-state index contributed by atoms with van der Waals surface area (Å²) in [5.41, 5.74) is 3.85. The van der Waals surface area contributed by atoms with Crippen LogP contribution in [-0.2, 0) is 16.1 Å². The Kier molecular flexibility index (Phi) is 6.34. The van der Waals surface area contributed by atoms with Crippen molar-refractivity contribution in [3.63, 3.8) is 0 Å². The molecule has 7 heteroatoms. The molecule has 31 heavy (non-hydrogen) atoms. The van der Waals surface area contributed by atoms with E-state index >= 15 is 0 Å². The van der Waals surface area contributed by atoms with E-state index in [0.29, 0.717) is 12.2 Å². The minimum atomic E-state index is -0.500. The van der Waals surface area contributed by atoms with E-state index in [4.69, 9.17) is 4.74 Å². The number of benzene rings is 2. The number of nitrogens with one attached hydrogen (secondary N) is 2. The number of rotatable bonds is 6. The molecule has 1 fully saturated rings. The van der Waals surface area contributed by atoms with E-state index in [1.165, 1.54) is 12.7 Å². The average Bonchev–Trinajstić information content (AvgIpc) is 3.15. The summed E-state index contributed by atoms with van der Waals surface area (Å²) in [5.74, 6) is -0.633. The van der Waals surface area contributed by atoms with Gasteiger partial charge in [-0.05, 0) is 24.1 Å². The molecule has 2 aromatic carbocycles. The third-order valence-electron chi connectivity index (χ3n) is 5.77. The first-order valence-electron chi connectivity index (χ1n) is 10.5. The van der Waals surface area contributed by atoms with Gasteiger partial charge < -0.3 is 15.0 Å². The molecule has 0 spiro atoms. The van der Waals surface area contributed by atoms with Crippen molar-refractivity contribution in [2.45, 2.75) is 13.5 Å². The maximum atomic E-state index is 12.8. The zero-order valence-corrected chi connectivity index (χ0v) is 18.0. The fourth-order valence-corrected chi connectivity index (χ4v) is 4.14. The largest absolute Gasteiger partial charge is 0.464 e. The third-order valence-corrected chi connectivity index (χ3v) is 5.77. The van der Waals surface area contributed by atoms with Crippen LogP contribution in [0.15, 0.2) is 48.5 Å². The predicted molar refractivity (Wildman–Crippen MR) is 121 cm³/mol. The lowest BCUT2D eigenvalue weighted by atomic mass is 10.1. The fraction of sp³-hybridized carbons (Fsp3) is 0.333. The molecule has 1 aromatic heterocycles. The van der Waals surface area contributed by atoms with Crippen molar-refractivity contribution >= 4 is 28.5 Å². The molecule has 1 aliphatic heterocycles. The number of carbonyl (C=O) groups is 2. The first-order valence-corrected chi connectivity index (χ1v) is 10.5. The molecule has 2 heterocycles. The number of carbonyl (C=O) groups excluding carboxylic acids is 2. The molecule has 0 aliphatic carbocycles. The summed E-state index contributed by atoms with van der Waals surface area (Å²) >= 11 is 0. The molecule has 0 bridgehead atoms. The van der Waals surface area contributed by atoms with Crippen molar-refractivity contribution in [1.29, 1.82) is 0 Å². The molecule has 1 amide bonds. The highest BCUT2D eigenvalue weighted by atomic mass is 16.5. The number of aromatic amines is 1. The molecule has 1 aliphatic rings. The number of hydrogen-bond acceptors (Lipinski definition) is 5. The highest BCUT2D eigenvalue weighted by molar-refractivity contribution is 6.12. The number of methoxy groups -OCH3 is 1. The molecular weight excluding hydrogens is 392 g/mol. The minimum absolute atomic E-state index is 0.134. The Balaban J connectivity index is 1.39. The number of anilines is 1. The monoisotopic (exact) mass is 420 g/mol. The van der Waals surface area contributed by atoms with Crippen LogP contribution in [0.2, 0.25) is 0 Å². The van der Waals surface area contributed by atoms with Crippen LogP contribution in [0, 0.1) is 6.92 Å². The lowest BCUT2D eigenvalue weighted by Gasteiger charge is -2.34. The average molecular weight is 421 g/mol. The van der Waals surface area contributed by atoms with Gasteiger partial charge in [0.2, 0.25) is 5.91 Å². The van der Waals surface area contributed by atoms with Gasteiger partial charge in [-0.15, -0.1) is 0 Å². The Morgan fingerprint density at radius 1 is 1.00 bits per heavy atom. The van der Waals surface area contributed by atoms with E-state index in [-0.39, 0.29) is 11.6 Å². The predicted octanol–water partition coefficient (Wildman–Crippen LogP) is 3.02. The van der Waals surface area contributed by atoms with Crippen LogP contribution in [0.25, 0.3) is 10.9 Å². The van der Waals surface area contributed by atoms with Crippen molar-refractivity contribution in [1.82, 2.24) is 14.8 Å². The Labute approximate surface area is 182 Å². The van der Waals surface area contributed by atoms with Crippen LogP contribution in [-0.4, -0.2) is 66.5 Å². The number of hydrogen-bond donors (Lipinski definition) is 2. The Hall–Kier alpha value is -3.16. The van der Waals surface area contributed by atoms with Crippen molar-refractivity contribution in [2.24, 2.45) is 0 Å².